The fourth-order valence-electron chi connectivity index (χ4n) is 2.14. The van der Waals surface area contributed by atoms with Gasteiger partial charge in [-0.1, -0.05) is 6.92 Å². The summed E-state index contributed by atoms with van der Waals surface area (Å²) in [6, 6.07) is 4.27. The summed E-state index contributed by atoms with van der Waals surface area (Å²) in [5.41, 5.74) is 5.65. The highest BCUT2D eigenvalue weighted by molar-refractivity contribution is 5.95. The van der Waals surface area contributed by atoms with Crippen molar-refractivity contribution in [3.05, 3.63) is 29.6 Å². The van der Waals surface area contributed by atoms with Gasteiger partial charge >= 0.3 is 0 Å². The summed E-state index contributed by atoms with van der Waals surface area (Å²) in [6.45, 7) is 5.78. The van der Waals surface area contributed by atoms with E-state index < -0.39 is 5.82 Å². The van der Waals surface area contributed by atoms with E-state index in [1.807, 2.05) is 0 Å². The highest BCUT2D eigenvalue weighted by Gasteiger charge is 2.20. The molecule has 0 aliphatic carbocycles. The Balaban J connectivity index is 1.92. The van der Waals surface area contributed by atoms with Crippen LogP contribution in [0.5, 0.6) is 5.75 Å². The van der Waals surface area contributed by atoms with Crippen molar-refractivity contribution in [2.75, 3.05) is 32.8 Å². The zero-order valence-electron chi connectivity index (χ0n) is 11.6. The minimum Gasteiger partial charge on any atom is -0.488 e. The number of ether oxygens (including phenoxy) is 2. The molecule has 3 N–H and O–H groups in total. The maximum absolute atomic E-state index is 13.8. The fraction of sp³-hybridized carbons (Fsp3) is 0.500. The molecule has 110 valence electrons. The quantitative estimate of drug-likeness (QED) is 0.628. The SMILES string of the molecule is CCN1CCOC(COc2ccc(C(=N)N)cc2F)C1. The number of benzene rings is 1. The van der Waals surface area contributed by atoms with Crippen LogP contribution >= 0.6 is 0 Å². The number of rotatable bonds is 5. The predicted molar refractivity (Wildman–Crippen MR) is 74.8 cm³/mol. The Hall–Kier alpha value is -1.66. The van der Waals surface area contributed by atoms with Crippen molar-refractivity contribution in [3.8, 4) is 5.75 Å². The minimum absolute atomic E-state index is 0.0458. The largest absolute Gasteiger partial charge is 0.488 e. The van der Waals surface area contributed by atoms with Gasteiger partial charge in [-0.2, -0.15) is 0 Å². The van der Waals surface area contributed by atoms with Gasteiger partial charge in [-0.05, 0) is 24.7 Å². The molecular weight excluding hydrogens is 261 g/mol. The third kappa shape index (κ3) is 3.68. The first-order chi connectivity index (χ1) is 9.60. The molecule has 5 nitrogen and oxygen atoms in total. The second kappa shape index (κ2) is 6.67. The second-order valence-electron chi connectivity index (χ2n) is 4.76. The molecule has 0 radical (unpaired) electrons. The number of halogens is 1. The van der Waals surface area contributed by atoms with Crippen LogP contribution in [0.4, 0.5) is 4.39 Å². The van der Waals surface area contributed by atoms with E-state index in [0.717, 1.165) is 19.6 Å². The van der Waals surface area contributed by atoms with Gasteiger partial charge < -0.3 is 15.2 Å². The van der Waals surface area contributed by atoms with Crippen LogP contribution in [0.1, 0.15) is 12.5 Å². The van der Waals surface area contributed by atoms with Gasteiger partial charge in [0.1, 0.15) is 18.5 Å². The van der Waals surface area contributed by atoms with Crippen LogP contribution in [0.2, 0.25) is 0 Å². The Morgan fingerprint density at radius 3 is 3.05 bits per heavy atom. The summed E-state index contributed by atoms with van der Waals surface area (Å²) >= 11 is 0. The molecule has 6 heteroatoms. The fourth-order valence-corrected chi connectivity index (χ4v) is 2.14. The summed E-state index contributed by atoms with van der Waals surface area (Å²) in [6.07, 6.45) is -0.0458. The van der Waals surface area contributed by atoms with Gasteiger partial charge in [0.05, 0.1) is 6.61 Å². The Labute approximate surface area is 118 Å². The molecular formula is C14H20FN3O2. The van der Waals surface area contributed by atoms with Crippen molar-refractivity contribution < 1.29 is 13.9 Å². The summed E-state index contributed by atoms with van der Waals surface area (Å²) in [5, 5.41) is 7.25. The maximum Gasteiger partial charge on any atom is 0.165 e. The van der Waals surface area contributed by atoms with Gasteiger partial charge in [0, 0.05) is 18.7 Å². The number of nitrogen functional groups attached to an aromatic ring is 1. The molecule has 1 aliphatic rings. The van der Waals surface area contributed by atoms with E-state index >= 15 is 0 Å². The van der Waals surface area contributed by atoms with Crippen LogP contribution in [-0.2, 0) is 4.74 Å². The third-order valence-electron chi connectivity index (χ3n) is 3.34. The van der Waals surface area contributed by atoms with Crippen LogP contribution in [0.15, 0.2) is 18.2 Å². The van der Waals surface area contributed by atoms with Crippen LogP contribution in [0.3, 0.4) is 0 Å². The van der Waals surface area contributed by atoms with Gasteiger partial charge in [0.15, 0.2) is 11.6 Å². The molecule has 1 aromatic rings. The lowest BCUT2D eigenvalue weighted by Crippen LogP contribution is -2.44. The van der Waals surface area contributed by atoms with Gasteiger partial charge in [0.25, 0.3) is 0 Å². The summed E-state index contributed by atoms with van der Waals surface area (Å²) in [5.74, 6) is -0.516. The number of nitrogens with two attached hydrogens (primary N) is 1. The zero-order chi connectivity index (χ0) is 14.5. The number of nitrogens with zero attached hydrogens (tertiary/aromatic N) is 1. The number of hydrogen-bond acceptors (Lipinski definition) is 4. The summed E-state index contributed by atoms with van der Waals surface area (Å²) in [7, 11) is 0. The highest BCUT2D eigenvalue weighted by atomic mass is 19.1. The van der Waals surface area contributed by atoms with Crippen LogP contribution in [-0.4, -0.2) is 49.7 Å². The van der Waals surface area contributed by atoms with Crippen molar-refractivity contribution in [2.45, 2.75) is 13.0 Å². The Morgan fingerprint density at radius 1 is 1.60 bits per heavy atom. The minimum atomic E-state index is -0.513. The number of hydrogen-bond donors (Lipinski definition) is 2. The van der Waals surface area contributed by atoms with Crippen LogP contribution in [0.25, 0.3) is 0 Å². The van der Waals surface area contributed by atoms with E-state index in [9.17, 15) is 4.39 Å². The molecule has 1 fully saturated rings. The standard InChI is InChI=1S/C14H20FN3O2/c1-2-18-5-6-19-11(8-18)9-20-13-4-3-10(14(16)17)7-12(13)15/h3-4,7,11H,2,5-6,8-9H2,1H3,(H3,16,17). The van der Waals surface area contributed by atoms with Crippen LogP contribution < -0.4 is 10.5 Å². The van der Waals surface area contributed by atoms with Crippen molar-refractivity contribution in [1.82, 2.24) is 4.90 Å². The molecule has 0 spiro atoms. The zero-order valence-corrected chi connectivity index (χ0v) is 11.6. The lowest BCUT2D eigenvalue weighted by molar-refractivity contribution is -0.0468. The Morgan fingerprint density at radius 2 is 2.40 bits per heavy atom. The van der Waals surface area contributed by atoms with Gasteiger partial charge in [-0.25, -0.2) is 4.39 Å². The lowest BCUT2D eigenvalue weighted by Gasteiger charge is -2.31. The summed E-state index contributed by atoms with van der Waals surface area (Å²) in [4.78, 5) is 2.27. The Kier molecular flexibility index (Phi) is 4.92. The average molecular weight is 281 g/mol. The molecule has 1 aliphatic heterocycles. The number of amidine groups is 1. The first-order valence-corrected chi connectivity index (χ1v) is 6.71. The third-order valence-corrected chi connectivity index (χ3v) is 3.34. The topological polar surface area (TPSA) is 71.6 Å². The molecule has 1 heterocycles. The number of likely N-dealkylation sites (N-methyl/N-ethyl adjacent to an activating group) is 1. The van der Waals surface area contributed by atoms with Gasteiger partial charge in [-0.3, -0.25) is 10.3 Å². The van der Waals surface area contributed by atoms with Crippen molar-refractivity contribution in [2.24, 2.45) is 5.73 Å². The Bertz CT molecular complexity index is 481. The molecule has 1 unspecified atom stereocenters. The van der Waals surface area contributed by atoms with E-state index in [0.29, 0.717) is 18.8 Å². The van der Waals surface area contributed by atoms with Gasteiger partial charge in [0.2, 0.25) is 0 Å². The predicted octanol–water partition coefficient (Wildman–Crippen LogP) is 1.21. The molecule has 2 rings (SSSR count). The van der Waals surface area contributed by atoms with Crippen molar-refractivity contribution in [1.29, 1.82) is 5.41 Å². The average Bonchev–Trinajstić information content (AvgIpc) is 2.46. The molecule has 0 amide bonds. The van der Waals surface area contributed by atoms with E-state index in [1.54, 1.807) is 6.07 Å². The van der Waals surface area contributed by atoms with Crippen molar-refractivity contribution >= 4 is 5.84 Å². The highest BCUT2D eigenvalue weighted by Crippen LogP contribution is 2.19. The van der Waals surface area contributed by atoms with Gasteiger partial charge in [-0.15, -0.1) is 0 Å². The first-order valence-electron chi connectivity index (χ1n) is 6.71. The maximum atomic E-state index is 13.8. The van der Waals surface area contributed by atoms with Crippen LogP contribution in [0, 0.1) is 11.2 Å². The molecule has 1 saturated heterocycles. The first kappa shape index (κ1) is 14.7. The second-order valence-corrected chi connectivity index (χ2v) is 4.76. The van der Waals surface area contributed by atoms with E-state index in [4.69, 9.17) is 20.6 Å². The summed E-state index contributed by atoms with van der Waals surface area (Å²) < 4.78 is 24.8. The lowest BCUT2D eigenvalue weighted by atomic mass is 10.2. The molecule has 0 aromatic heterocycles. The van der Waals surface area contributed by atoms with E-state index in [-0.39, 0.29) is 17.7 Å². The smallest absolute Gasteiger partial charge is 0.165 e. The molecule has 1 aromatic carbocycles. The monoisotopic (exact) mass is 281 g/mol. The van der Waals surface area contributed by atoms with Crippen molar-refractivity contribution in [3.63, 3.8) is 0 Å². The molecule has 1 atom stereocenters. The molecule has 0 bridgehead atoms. The molecule has 20 heavy (non-hydrogen) atoms. The molecule has 0 saturated carbocycles. The number of morpholine rings is 1. The van der Waals surface area contributed by atoms with E-state index in [2.05, 4.69) is 11.8 Å². The van der Waals surface area contributed by atoms with E-state index in [1.165, 1.54) is 12.1 Å². The number of nitrogens with one attached hydrogen (secondary N) is 1. The normalized spacial score (nSPS) is 19.8.